The number of fused-ring (bicyclic) bond motifs is 1. The van der Waals surface area contributed by atoms with E-state index in [4.69, 9.17) is 5.26 Å². The first-order chi connectivity index (χ1) is 13.6. The molecule has 140 valence electrons. The summed E-state index contributed by atoms with van der Waals surface area (Å²) in [7, 11) is 1.32. The van der Waals surface area contributed by atoms with Gasteiger partial charge in [-0.05, 0) is 36.4 Å². The molecule has 0 bridgehead atoms. The van der Waals surface area contributed by atoms with Gasteiger partial charge in [0.25, 0.3) is 0 Å². The summed E-state index contributed by atoms with van der Waals surface area (Å²) in [6.07, 6.45) is 5.58. The molecular formula is C22H19N3O3. The van der Waals surface area contributed by atoms with Gasteiger partial charge in [0, 0.05) is 41.0 Å². The first-order valence-electron chi connectivity index (χ1n) is 8.74. The van der Waals surface area contributed by atoms with Crippen molar-refractivity contribution in [3.8, 4) is 6.07 Å². The summed E-state index contributed by atoms with van der Waals surface area (Å²) in [6.45, 7) is 0.601. The van der Waals surface area contributed by atoms with Crippen LogP contribution in [0.25, 0.3) is 17.0 Å². The number of nitriles is 1. The maximum Gasteiger partial charge on any atom is 0.337 e. The summed E-state index contributed by atoms with van der Waals surface area (Å²) < 4.78 is 6.66. The number of ether oxygens (including phenoxy) is 1. The molecular weight excluding hydrogens is 354 g/mol. The molecule has 6 heteroatoms. The normalized spacial score (nSPS) is 10.7. The molecule has 6 nitrogen and oxygen atoms in total. The van der Waals surface area contributed by atoms with Gasteiger partial charge in [0.2, 0.25) is 5.91 Å². The van der Waals surface area contributed by atoms with Crippen LogP contribution >= 0.6 is 0 Å². The number of aromatic nitrogens is 1. The number of anilines is 1. The summed E-state index contributed by atoms with van der Waals surface area (Å²) in [5, 5.41) is 12.6. The number of carbonyl (C=O) groups is 2. The Morgan fingerprint density at radius 1 is 1.18 bits per heavy atom. The summed E-state index contributed by atoms with van der Waals surface area (Å²) in [6, 6.07) is 16.5. The average molecular weight is 373 g/mol. The lowest BCUT2D eigenvalue weighted by atomic mass is 10.1. The lowest BCUT2D eigenvalue weighted by molar-refractivity contribution is -0.111. The molecule has 1 heterocycles. The number of methoxy groups -OCH3 is 1. The topological polar surface area (TPSA) is 84.1 Å². The van der Waals surface area contributed by atoms with Gasteiger partial charge < -0.3 is 14.6 Å². The maximum absolute atomic E-state index is 12.2. The Bertz CT molecular complexity index is 1070. The van der Waals surface area contributed by atoms with Crippen LogP contribution < -0.4 is 5.32 Å². The minimum atomic E-state index is -0.425. The Morgan fingerprint density at radius 3 is 2.64 bits per heavy atom. The van der Waals surface area contributed by atoms with Gasteiger partial charge in [0.1, 0.15) is 0 Å². The molecule has 0 atom stereocenters. The number of para-hydroxylation sites is 1. The van der Waals surface area contributed by atoms with Crippen LogP contribution in [0.3, 0.4) is 0 Å². The van der Waals surface area contributed by atoms with E-state index >= 15 is 0 Å². The fourth-order valence-corrected chi connectivity index (χ4v) is 2.92. The molecule has 28 heavy (non-hydrogen) atoms. The molecule has 1 amide bonds. The van der Waals surface area contributed by atoms with Crippen molar-refractivity contribution in [1.29, 1.82) is 5.26 Å². The molecule has 1 aromatic heterocycles. The molecule has 1 N–H and O–H groups in total. The highest BCUT2D eigenvalue weighted by atomic mass is 16.5. The third-order valence-electron chi connectivity index (χ3n) is 4.27. The standard InChI is InChI=1S/C22H19N3O3/c1-28-22(27)16-7-10-18(11-8-16)24-21(26)12-9-17-15-25(14-4-13-23)20-6-3-2-5-19(17)20/h2-3,5-12,15H,4,14H2,1H3,(H,24,26)/b12-9+. The Kier molecular flexibility index (Phi) is 5.87. The number of hydrogen-bond acceptors (Lipinski definition) is 4. The second-order valence-electron chi connectivity index (χ2n) is 6.09. The summed E-state index contributed by atoms with van der Waals surface area (Å²) in [4.78, 5) is 23.7. The van der Waals surface area contributed by atoms with Gasteiger partial charge >= 0.3 is 5.97 Å². The van der Waals surface area contributed by atoms with Gasteiger partial charge in [0.05, 0.1) is 25.2 Å². The molecule has 3 rings (SSSR count). The van der Waals surface area contributed by atoms with Crippen molar-refractivity contribution in [2.24, 2.45) is 0 Å². The summed E-state index contributed by atoms with van der Waals surface area (Å²) in [5.74, 6) is -0.703. The van der Waals surface area contributed by atoms with Gasteiger partial charge in [-0.3, -0.25) is 4.79 Å². The van der Waals surface area contributed by atoms with Gasteiger partial charge in [-0.1, -0.05) is 18.2 Å². The van der Waals surface area contributed by atoms with Crippen molar-refractivity contribution < 1.29 is 14.3 Å². The highest BCUT2D eigenvalue weighted by Crippen LogP contribution is 2.23. The summed E-state index contributed by atoms with van der Waals surface area (Å²) in [5.41, 5.74) is 2.93. The van der Waals surface area contributed by atoms with Crippen molar-refractivity contribution in [3.05, 3.63) is 71.9 Å². The van der Waals surface area contributed by atoms with Gasteiger partial charge in [-0.2, -0.15) is 5.26 Å². The van der Waals surface area contributed by atoms with Crippen LogP contribution in [0.1, 0.15) is 22.3 Å². The third-order valence-corrected chi connectivity index (χ3v) is 4.27. The quantitative estimate of drug-likeness (QED) is 0.523. The van der Waals surface area contributed by atoms with Gasteiger partial charge in [-0.15, -0.1) is 0 Å². The molecule has 0 saturated heterocycles. The zero-order chi connectivity index (χ0) is 19.9. The molecule has 3 aromatic rings. The molecule has 0 radical (unpaired) electrons. The number of rotatable bonds is 6. The monoisotopic (exact) mass is 373 g/mol. The highest BCUT2D eigenvalue weighted by molar-refractivity contribution is 6.03. The molecule has 0 fully saturated rings. The van der Waals surface area contributed by atoms with E-state index in [1.165, 1.54) is 13.2 Å². The molecule has 0 spiro atoms. The zero-order valence-electron chi connectivity index (χ0n) is 15.4. The van der Waals surface area contributed by atoms with Crippen LogP contribution in [-0.2, 0) is 16.1 Å². The minimum Gasteiger partial charge on any atom is -0.465 e. The van der Waals surface area contributed by atoms with E-state index in [0.29, 0.717) is 24.2 Å². The van der Waals surface area contributed by atoms with Crippen molar-refractivity contribution in [2.45, 2.75) is 13.0 Å². The lowest BCUT2D eigenvalue weighted by Gasteiger charge is -2.03. The fraction of sp³-hybridized carbons (Fsp3) is 0.136. The first kappa shape index (κ1) is 18.9. The predicted octanol–water partition coefficient (Wildman–Crippen LogP) is 3.99. The van der Waals surface area contributed by atoms with Crippen LogP contribution in [-0.4, -0.2) is 23.6 Å². The zero-order valence-corrected chi connectivity index (χ0v) is 15.4. The number of aryl methyl sites for hydroxylation is 1. The van der Waals surface area contributed by atoms with Crippen LogP contribution in [0.15, 0.2) is 60.8 Å². The molecule has 2 aromatic carbocycles. The number of esters is 1. The van der Waals surface area contributed by atoms with E-state index in [2.05, 4.69) is 16.1 Å². The fourth-order valence-electron chi connectivity index (χ4n) is 2.92. The Balaban J connectivity index is 1.74. The SMILES string of the molecule is COC(=O)c1ccc(NC(=O)/C=C/c2cn(CCC#N)c3ccccc23)cc1. The van der Waals surface area contributed by atoms with Crippen molar-refractivity contribution in [3.63, 3.8) is 0 Å². The Hall–Kier alpha value is -3.85. The molecule has 0 saturated carbocycles. The van der Waals surface area contributed by atoms with Crippen molar-refractivity contribution in [1.82, 2.24) is 4.57 Å². The Morgan fingerprint density at radius 2 is 1.93 bits per heavy atom. The van der Waals surface area contributed by atoms with Crippen LogP contribution in [0.4, 0.5) is 5.69 Å². The number of benzene rings is 2. The molecule has 0 aliphatic carbocycles. The van der Waals surface area contributed by atoms with E-state index in [0.717, 1.165) is 16.5 Å². The Labute approximate surface area is 162 Å². The first-order valence-corrected chi connectivity index (χ1v) is 8.74. The lowest BCUT2D eigenvalue weighted by Crippen LogP contribution is -2.08. The average Bonchev–Trinajstić information content (AvgIpc) is 3.08. The summed E-state index contributed by atoms with van der Waals surface area (Å²) >= 11 is 0. The molecule has 0 unspecified atom stereocenters. The van der Waals surface area contributed by atoms with E-state index < -0.39 is 5.97 Å². The van der Waals surface area contributed by atoms with E-state index in [9.17, 15) is 9.59 Å². The van der Waals surface area contributed by atoms with Gasteiger partial charge in [-0.25, -0.2) is 4.79 Å². The van der Waals surface area contributed by atoms with Crippen molar-refractivity contribution >= 4 is 34.5 Å². The smallest absolute Gasteiger partial charge is 0.337 e. The van der Waals surface area contributed by atoms with Crippen LogP contribution in [0, 0.1) is 11.3 Å². The second kappa shape index (κ2) is 8.69. The maximum atomic E-state index is 12.2. The number of carbonyl (C=O) groups excluding carboxylic acids is 2. The number of nitrogens with one attached hydrogen (secondary N) is 1. The van der Waals surface area contributed by atoms with Crippen LogP contribution in [0.5, 0.6) is 0 Å². The molecule has 0 aliphatic heterocycles. The third kappa shape index (κ3) is 4.27. The van der Waals surface area contributed by atoms with Gasteiger partial charge in [0.15, 0.2) is 0 Å². The number of nitrogens with zero attached hydrogens (tertiary/aromatic N) is 2. The van der Waals surface area contributed by atoms with E-state index in [-0.39, 0.29) is 5.91 Å². The van der Waals surface area contributed by atoms with E-state index in [1.807, 2.05) is 35.0 Å². The second-order valence-corrected chi connectivity index (χ2v) is 6.09. The highest BCUT2D eigenvalue weighted by Gasteiger charge is 2.07. The van der Waals surface area contributed by atoms with Crippen LogP contribution in [0.2, 0.25) is 0 Å². The number of hydrogen-bond donors (Lipinski definition) is 1. The predicted molar refractivity (Wildman–Crippen MR) is 108 cm³/mol. The minimum absolute atomic E-state index is 0.278. The van der Waals surface area contributed by atoms with E-state index in [1.54, 1.807) is 30.3 Å². The largest absolute Gasteiger partial charge is 0.465 e. The van der Waals surface area contributed by atoms with Crippen molar-refractivity contribution in [2.75, 3.05) is 12.4 Å². The molecule has 0 aliphatic rings. The number of amides is 1.